The third kappa shape index (κ3) is 5.97. The van der Waals surface area contributed by atoms with E-state index in [1.54, 1.807) is 44.2 Å². The summed E-state index contributed by atoms with van der Waals surface area (Å²) in [5, 5.41) is 2.68. The van der Waals surface area contributed by atoms with Crippen molar-refractivity contribution in [3.8, 4) is 0 Å². The average Bonchev–Trinajstić information content (AvgIpc) is 2.58. The van der Waals surface area contributed by atoms with Crippen LogP contribution in [0.4, 0.5) is 5.69 Å². The van der Waals surface area contributed by atoms with Gasteiger partial charge in [-0.1, -0.05) is 23.7 Å². The monoisotopic (exact) mass is 407 g/mol. The number of aryl methyl sites for hydroxylation is 2. The number of anilines is 1. The van der Waals surface area contributed by atoms with Crippen molar-refractivity contribution in [2.75, 3.05) is 17.7 Å². The lowest BCUT2D eigenvalue weighted by molar-refractivity contribution is -0.119. The molecule has 0 fully saturated rings. The number of thioether (sulfide) groups is 1. The maximum absolute atomic E-state index is 12.2. The number of carbonyl (C=O) groups is 3. The smallest absolute Gasteiger partial charge is 0.342 e. The van der Waals surface area contributed by atoms with Crippen molar-refractivity contribution in [3.05, 3.63) is 52.3 Å². The Balaban J connectivity index is 1.99. The molecule has 0 saturated heterocycles. The number of pyridine rings is 1. The van der Waals surface area contributed by atoms with Gasteiger partial charge in [-0.05, 0) is 37.6 Å². The molecular weight excluding hydrogens is 390 g/mol. The van der Waals surface area contributed by atoms with Crippen LogP contribution in [-0.2, 0) is 14.3 Å². The van der Waals surface area contributed by atoms with Crippen LogP contribution in [0.2, 0.25) is 5.15 Å². The first-order valence-corrected chi connectivity index (χ1v) is 9.25. The van der Waals surface area contributed by atoms with Crippen molar-refractivity contribution in [2.24, 2.45) is 5.73 Å². The van der Waals surface area contributed by atoms with E-state index in [9.17, 15) is 14.4 Å². The second-order valence-electron chi connectivity index (χ2n) is 5.62. The van der Waals surface area contributed by atoms with Gasteiger partial charge in [0.05, 0.1) is 17.0 Å². The van der Waals surface area contributed by atoms with Crippen LogP contribution in [0.1, 0.15) is 21.6 Å². The number of ether oxygens (including phenoxy) is 1. The number of para-hydroxylation sites is 1. The van der Waals surface area contributed by atoms with Gasteiger partial charge in [0.2, 0.25) is 5.91 Å². The molecule has 7 nitrogen and oxygen atoms in total. The fourth-order valence-corrected chi connectivity index (χ4v) is 3.38. The fraction of sp³-hybridized carbons (Fsp3) is 0.222. The highest BCUT2D eigenvalue weighted by Gasteiger charge is 2.18. The van der Waals surface area contributed by atoms with Gasteiger partial charge in [-0.15, -0.1) is 11.8 Å². The van der Waals surface area contributed by atoms with Crippen LogP contribution in [0.5, 0.6) is 0 Å². The first-order chi connectivity index (χ1) is 12.8. The highest BCUT2D eigenvalue weighted by Crippen LogP contribution is 2.26. The van der Waals surface area contributed by atoms with Crippen molar-refractivity contribution < 1.29 is 19.1 Å². The van der Waals surface area contributed by atoms with Crippen LogP contribution in [0.25, 0.3) is 0 Å². The van der Waals surface area contributed by atoms with Gasteiger partial charge in [0.15, 0.2) is 6.61 Å². The molecule has 0 saturated carbocycles. The van der Waals surface area contributed by atoms with Crippen LogP contribution < -0.4 is 11.1 Å². The van der Waals surface area contributed by atoms with Crippen molar-refractivity contribution in [2.45, 2.75) is 18.7 Å². The summed E-state index contributed by atoms with van der Waals surface area (Å²) in [4.78, 5) is 40.0. The van der Waals surface area contributed by atoms with E-state index in [1.165, 1.54) is 11.8 Å². The zero-order valence-corrected chi connectivity index (χ0v) is 16.3. The van der Waals surface area contributed by atoms with Gasteiger partial charge in [-0.2, -0.15) is 0 Å². The Bertz CT molecular complexity index is 866. The zero-order chi connectivity index (χ0) is 20.0. The largest absolute Gasteiger partial charge is 0.452 e. The second-order valence-corrected chi connectivity index (χ2v) is 7.00. The predicted molar refractivity (Wildman–Crippen MR) is 104 cm³/mol. The van der Waals surface area contributed by atoms with Crippen LogP contribution in [0, 0.1) is 13.8 Å². The highest BCUT2D eigenvalue weighted by atomic mass is 35.5. The summed E-state index contributed by atoms with van der Waals surface area (Å²) in [7, 11) is 0. The second kappa shape index (κ2) is 9.38. The number of carbonyl (C=O) groups excluding carboxylic acids is 3. The summed E-state index contributed by atoms with van der Waals surface area (Å²) >= 11 is 7.20. The summed E-state index contributed by atoms with van der Waals surface area (Å²) in [6.45, 7) is 2.98. The first-order valence-electron chi connectivity index (χ1n) is 7.88. The molecule has 0 radical (unpaired) electrons. The van der Waals surface area contributed by atoms with Gasteiger partial charge >= 0.3 is 5.97 Å². The number of primary amides is 1. The summed E-state index contributed by atoms with van der Waals surface area (Å²) in [6, 6.07) is 8.63. The SMILES string of the molecule is Cc1cc(C)c(C(=O)OCC(=O)Nc2ccccc2SCC(N)=O)c(Cl)n1. The van der Waals surface area contributed by atoms with Gasteiger partial charge in [-0.25, -0.2) is 9.78 Å². The van der Waals surface area contributed by atoms with Crippen molar-refractivity contribution in [1.29, 1.82) is 0 Å². The van der Waals surface area contributed by atoms with Crippen molar-refractivity contribution >= 4 is 46.8 Å². The minimum Gasteiger partial charge on any atom is -0.452 e. The Kier molecular flexibility index (Phi) is 7.20. The molecule has 0 bridgehead atoms. The lowest BCUT2D eigenvalue weighted by atomic mass is 10.1. The van der Waals surface area contributed by atoms with Gasteiger partial charge in [-0.3, -0.25) is 9.59 Å². The van der Waals surface area contributed by atoms with Crippen LogP contribution in [0.15, 0.2) is 35.2 Å². The van der Waals surface area contributed by atoms with Crippen LogP contribution in [0.3, 0.4) is 0 Å². The predicted octanol–water partition coefficient (Wildman–Crippen LogP) is 2.72. The van der Waals surface area contributed by atoms with E-state index in [2.05, 4.69) is 10.3 Å². The Morgan fingerprint density at radius 2 is 1.96 bits per heavy atom. The highest BCUT2D eigenvalue weighted by molar-refractivity contribution is 8.00. The van der Waals surface area contributed by atoms with Gasteiger partial charge in [0.25, 0.3) is 5.91 Å². The molecule has 0 aliphatic carbocycles. The lowest BCUT2D eigenvalue weighted by Crippen LogP contribution is -2.22. The Morgan fingerprint density at radius 3 is 2.63 bits per heavy atom. The molecule has 0 spiro atoms. The van der Waals surface area contributed by atoms with Crippen molar-refractivity contribution in [3.63, 3.8) is 0 Å². The first kappa shape index (κ1) is 20.7. The molecule has 2 aromatic rings. The molecular formula is C18H18ClN3O4S. The molecule has 142 valence electrons. The zero-order valence-electron chi connectivity index (χ0n) is 14.7. The minimum absolute atomic E-state index is 0.0334. The van der Waals surface area contributed by atoms with Crippen LogP contribution >= 0.6 is 23.4 Å². The maximum atomic E-state index is 12.2. The number of hydrogen-bond donors (Lipinski definition) is 2. The Hall–Kier alpha value is -2.58. The van der Waals surface area contributed by atoms with E-state index in [1.807, 2.05) is 0 Å². The third-order valence-corrected chi connectivity index (χ3v) is 4.74. The van der Waals surface area contributed by atoms with Gasteiger partial charge in [0, 0.05) is 10.6 Å². The quantitative estimate of drug-likeness (QED) is 0.414. The lowest BCUT2D eigenvalue weighted by Gasteiger charge is -2.11. The number of nitrogens with one attached hydrogen (secondary N) is 1. The number of aromatic nitrogens is 1. The standard InChI is InChI=1S/C18H18ClN3O4S/c1-10-7-11(2)21-17(19)16(10)18(25)26-8-15(24)22-12-5-3-4-6-13(12)27-9-14(20)23/h3-7H,8-9H2,1-2H3,(H2,20,23)(H,22,24). The number of rotatable bonds is 7. The molecule has 2 amide bonds. The number of nitrogens with two attached hydrogens (primary N) is 1. The molecule has 0 aliphatic heterocycles. The van der Waals surface area contributed by atoms with E-state index in [0.29, 0.717) is 21.8 Å². The minimum atomic E-state index is -0.725. The van der Waals surface area contributed by atoms with E-state index >= 15 is 0 Å². The number of benzene rings is 1. The Labute approximate surface area is 165 Å². The fourth-order valence-electron chi connectivity index (χ4n) is 2.27. The van der Waals surface area contributed by atoms with Gasteiger partial charge in [0.1, 0.15) is 5.15 Å². The van der Waals surface area contributed by atoms with Crippen LogP contribution in [-0.4, -0.2) is 35.1 Å². The van der Waals surface area contributed by atoms with Gasteiger partial charge < -0.3 is 15.8 Å². The maximum Gasteiger partial charge on any atom is 0.342 e. The summed E-state index contributed by atoms with van der Waals surface area (Å²) in [5.41, 5.74) is 7.06. The molecule has 0 unspecified atom stereocenters. The number of halogens is 1. The summed E-state index contributed by atoms with van der Waals surface area (Å²) in [6.07, 6.45) is 0. The topological polar surface area (TPSA) is 111 Å². The molecule has 1 aromatic heterocycles. The summed E-state index contributed by atoms with van der Waals surface area (Å²) < 4.78 is 5.05. The number of amides is 2. The number of nitrogens with zero attached hydrogens (tertiary/aromatic N) is 1. The molecule has 1 aromatic carbocycles. The molecule has 0 atom stereocenters. The average molecular weight is 408 g/mol. The summed E-state index contributed by atoms with van der Waals surface area (Å²) in [5.74, 6) is -1.63. The molecule has 9 heteroatoms. The third-order valence-electron chi connectivity index (χ3n) is 3.37. The molecule has 27 heavy (non-hydrogen) atoms. The number of hydrogen-bond acceptors (Lipinski definition) is 6. The van der Waals surface area contributed by atoms with E-state index in [0.717, 1.165) is 0 Å². The Morgan fingerprint density at radius 1 is 1.26 bits per heavy atom. The molecule has 0 aliphatic rings. The van der Waals surface area contributed by atoms with E-state index in [-0.39, 0.29) is 16.5 Å². The van der Waals surface area contributed by atoms with Crippen molar-refractivity contribution in [1.82, 2.24) is 4.98 Å². The molecule has 2 rings (SSSR count). The molecule has 3 N–H and O–H groups in total. The van der Waals surface area contributed by atoms with E-state index < -0.39 is 24.4 Å². The normalized spacial score (nSPS) is 10.3. The van der Waals surface area contributed by atoms with E-state index in [4.69, 9.17) is 22.1 Å². The number of esters is 1. The molecule has 1 heterocycles.